The molecule has 1 aliphatic rings. The van der Waals surface area contributed by atoms with E-state index < -0.39 is 18.0 Å². The van der Waals surface area contributed by atoms with Gasteiger partial charge in [-0.25, -0.2) is 14.2 Å². The maximum absolute atomic E-state index is 13.9. The summed E-state index contributed by atoms with van der Waals surface area (Å²) in [5, 5.41) is 13.6. The van der Waals surface area contributed by atoms with Crippen molar-refractivity contribution in [3.63, 3.8) is 0 Å². The van der Waals surface area contributed by atoms with E-state index in [2.05, 4.69) is 27.7 Å². The smallest absolute Gasteiger partial charge is 0.414 e. The monoisotopic (exact) mass is 311 g/mol. The predicted octanol–water partition coefficient (Wildman–Crippen LogP) is 1.66. The number of carbonyl (C=O) groups excluding carboxylic acids is 1. The van der Waals surface area contributed by atoms with Crippen LogP contribution in [0, 0.1) is 5.82 Å². The van der Waals surface area contributed by atoms with Crippen LogP contribution < -0.4 is 10.2 Å². The molecule has 0 spiro atoms. The summed E-state index contributed by atoms with van der Waals surface area (Å²) >= 11 is 4.46. The Bertz CT molecular complexity index is 578. The average molecular weight is 311 g/mol. The molecule has 1 amide bonds. The highest BCUT2D eigenvalue weighted by atomic mass is 32.1. The molecule has 0 bridgehead atoms. The highest BCUT2D eigenvalue weighted by Gasteiger charge is 2.32. The fourth-order valence-electron chi connectivity index (χ4n) is 1.97. The first-order valence-electron chi connectivity index (χ1n) is 6.31. The molecule has 1 aromatic rings. The molecular weight excluding hydrogens is 297 g/mol. The standard InChI is InChI=1S/C13H14FN3O3S/c14-11-5-9(1-2-12(11)16-3-4-18)17-7-10(6-15-8-21)20-13(17)19/h1-2,5,10,16,18H,3-4,6-7H2/t10-/m0/s1. The molecule has 8 heteroatoms. The molecule has 2 N–H and O–H groups in total. The van der Waals surface area contributed by atoms with Gasteiger partial charge < -0.3 is 15.2 Å². The van der Waals surface area contributed by atoms with Crippen molar-refractivity contribution in [1.29, 1.82) is 0 Å². The second-order valence-corrected chi connectivity index (χ2v) is 4.55. The Morgan fingerprint density at radius 2 is 2.43 bits per heavy atom. The minimum absolute atomic E-state index is 0.0955. The van der Waals surface area contributed by atoms with Crippen LogP contribution in [0.15, 0.2) is 23.2 Å². The lowest BCUT2D eigenvalue weighted by Crippen LogP contribution is -2.25. The van der Waals surface area contributed by atoms with E-state index in [1.165, 1.54) is 17.0 Å². The summed E-state index contributed by atoms with van der Waals surface area (Å²) in [5.41, 5.74) is 0.670. The van der Waals surface area contributed by atoms with Gasteiger partial charge in [0.15, 0.2) is 0 Å². The number of benzene rings is 1. The van der Waals surface area contributed by atoms with E-state index in [0.717, 1.165) is 0 Å². The Morgan fingerprint density at radius 1 is 1.62 bits per heavy atom. The van der Waals surface area contributed by atoms with Gasteiger partial charge in [-0.3, -0.25) is 4.90 Å². The highest BCUT2D eigenvalue weighted by molar-refractivity contribution is 7.78. The molecule has 1 aliphatic heterocycles. The number of anilines is 2. The van der Waals surface area contributed by atoms with Gasteiger partial charge in [0.2, 0.25) is 0 Å². The maximum Gasteiger partial charge on any atom is 0.414 e. The SMILES string of the molecule is O=C1O[C@@H](CN=C=S)CN1c1ccc(NCCO)c(F)c1. The van der Waals surface area contributed by atoms with E-state index in [0.29, 0.717) is 5.69 Å². The number of hydrogen-bond acceptors (Lipinski definition) is 6. The van der Waals surface area contributed by atoms with E-state index in [1.807, 2.05) is 0 Å². The van der Waals surface area contributed by atoms with Crippen LogP contribution in [0.25, 0.3) is 0 Å². The fraction of sp³-hybridized carbons (Fsp3) is 0.385. The Hall–Kier alpha value is -2.02. The lowest BCUT2D eigenvalue weighted by Gasteiger charge is -2.14. The van der Waals surface area contributed by atoms with Gasteiger partial charge in [-0.05, 0) is 30.4 Å². The molecule has 0 aliphatic carbocycles. The van der Waals surface area contributed by atoms with Crippen molar-refractivity contribution in [2.75, 3.05) is 36.5 Å². The van der Waals surface area contributed by atoms with Gasteiger partial charge in [0, 0.05) is 6.54 Å². The van der Waals surface area contributed by atoms with Gasteiger partial charge in [-0.1, -0.05) is 0 Å². The number of nitrogens with one attached hydrogen (secondary N) is 1. The summed E-state index contributed by atoms with van der Waals surface area (Å²) < 4.78 is 19.0. The molecule has 1 atom stereocenters. The molecular formula is C13H14FN3O3S. The van der Waals surface area contributed by atoms with Crippen LogP contribution in [0.2, 0.25) is 0 Å². The van der Waals surface area contributed by atoms with Crippen molar-refractivity contribution in [2.24, 2.45) is 4.99 Å². The third-order valence-corrected chi connectivity index (χ3v) is 3.05. The molecule has 0 radical (unpaired) electrons. The quantitative estimate of drug-likeness (QED) is 0.617. The number of aliphatic hydroxyl groups excluding tert-OH is 1. The van der Waals surface area contributed by atoms with E-state index >= 15 is 0 Å². The molecule has 1 saturated heterocycles. The maximum atomic E-state index is 13.9. The Morgan fingerprint density at radius 3 is 3.10 bits per heavy atom. The molecule has 1 heterocycles. The summed E-state index contributed by atoms with van der Waals surface area (Å²) in [6, 6.07) is 4.36. The summed E-state index contributed by atoms with van der Waals surface area (Å²) in [6.45, 7) is 0.675. The topological polar surface area (TPSA) is 74.2 Å². The number of ether oxygens (including phenoxy) is 1. The predicted molar refractivity (Wildman–Crippen MR) is 79.5 cm³/mol. The molecule has 112 valence electrons. The molecule has 0 saturated carbocycles. The second kappa shape index (κ2) is 7.12. The van der Waals surface area contributed by atoms with E-state index in [4.69, 9.17) is 9.84 Å². The third-order valence-electron chi connectivity index (χ3n) is 2.93. The molecule has 1 fully saturated rings. The minimum Gasteiger partial charge on any atom is -0.442 e. The third kappa shape index (κ3) is 3.75. The molecule has 0 unspecified atom stereocenters. The number of thiocarbonyl (C=S) groups is 1. The number of amides is 1. The first-order chi connectivity index (χ1) is 10.2. The number of isothiocyanates is 1. The molecule has 6 nitrogen and oxygen atoms in total. The normalized spacial score (nSPS) is 17.3. The molecule has 1 aromatic carbocycles. The first-order valence-corrected chi connectivity index (χ1v) is 6.72. The van der Waals surface area contributed by atoms with Crippen LogP contribution >= 0.6 is 12.2 Å². The largest absolute Gasteiger partial charge is 0.442 e. The van der Waals surface area contributed by atoms with Gasteiger partial charge in [0.25, 0.3) is 0 Å². The van der Waals surface area contributed by atoms with Crippen molar-refractivity contribution >= 4 is 34.8 Å². The first kappa shape index (κ1) is 15.4. The van der Waals surface area contributed by atoms with Crippen LogP contribution in [-0.4, -0.2) is 48.7 Å². The number of cyclic esters (lactones) is 1. The number of aliphatic imine (C=N–C) groups is 1. The average Bonchev–Trinajstić information content (AvgIpc) is 2.85. The Labute approximate surface area is 126 Å². The van der Waals surface area contributed by atoms with E-state index in [-0.39, 0.29) is 31.9 Å². The van der Waals surface area contributed by atoms with Gasteiger partial charge in [-0.2, -0.15) is 0 Å². The summed E-state index contributed by atoms with van der Waals surface area (Å²) in [4.78, 5) is 16.8. The summed E-state index contributed by atoms with van der Waals surface area (Å²) in [5.74, 6) is -0.505. The van der Waals surface area contributed by atoms with Crippen LogP contribution in [0.5, 0.6) is 0 Å². The summed E-state index contributed by atoms with van der Waals surface area (Å²) in [6.07, 6.45) is -0.960. The van der Waals surface area contributed by atoms with Gasteiger partial charge in [0.1, 0.15) is 11.9 Å². The van der Waals surface area contributed by atoms with Crippen LogP contribution in [-0.2, 0) is 4.74 Å². The highest BCUT2D eigenvalue weighted by Crippen LogP contribution is 2.26. The lowest BCUT2D eigenvalue weighted by molar-refractivity contribution is 0.145. The Kier molecular flexibility index (Phi) is 5.21. The minimum atomic E-state index is -0.546. The van der Waals surface area contributed by atoms with Crippen molar-refractivity contribution in [3.05, 3.63) is 24.0 Å². The van der Waals surface area contributed by atoms with Gasteiger partial charge in [-0.15, -0.1) is 0 Å². The van der Waals surface area contributed by atoms with E-state index in [1.54, 1.807) is 6.07 Å². The zero-order valence-corrected chi connectivity index (χ0v) is 11.9. The van der Waals surface area contributed by atoms with Crippen LogP contribution in [0.3, 0.4) is 0 Å². The fourth-order valence-corrected chi connectivity index (χ4v) is 2.05. The van der Waals surface area contributed by atoms with Gasteiger partial charge in [0.05, 0.1) is 36.2 Å². The number of nitrogens with zero attached hydrogens (tertiary/aromatic N) is 2. The summed E-state index contributed by atoms with van der Waals surface area (Å²) in [7, 11) is 0. The Balaban J connectivity index is 2.09. The number of hydrogen-bond donors (Lipinski definition) is 2. The number of aliphatic hydroxyl groups is 1. The zero-order valence-electron chi connectivity index (χ0n) is 11.1. The van der Waals surface area contributed by atoms with Crippen LogP contribution in [0.4, 0.5) is 20.6 Å². The number of rotatable bonds is 6. The van der Waals surface area contributed by atoms with Crippen molar-refractivity contribution in [3.8, 4) is 0 Å². The van der Waals surface area contributed by atoms with Crippen molar-refractivity contribution in [1.82, 2.24) is 0 Å². The van der Waals surface area contributed by atoms with Crippen LogP contribution in [0.1, 0.15) is 0 Å². The van der Waals surface area contributed by atoms with Crippen molar-refractivity contribution in [2.45, 2.75) is 6.10 Å². The number of halogens is 1. The molecule has 2 rings (SSSR count). The lowest BCUT2D eigenvalue weighted by atomic mass is 10.2. The zero-order chi connectivity index (χ0) is 15.2. The number of carbonyl (C=O) groups is 1. The molecule has 0 aromatic heterocycles. The molecule has 21 heavy (non-hydrogen) atoms. The van der Waals surface area contributed by atoms with Crippen molar-refractivity contribution < 1.29 is 19.0 Å². The van der Waals surface area contributed by atoms with Gasteiger partial charge >= 0.3 is 6.09 Å². The van der Waals surface area contributed by atoms with E-state index in [9.17, 15) is 9.18 Å². The second-order valence-electron chi connectivity index (χ2n) is 4.36.